The Balaban J connectivity index is 3.01. The average molecular weight is 311 g/mol. The molecule has 0 spiro atoms. The Bertz CT molecular complexity index is 437. The predicted molar refractivity (Wildman–Crippen MR) is 95.4 cm³/mol. The largest absolute Gasteiger partial charge is 0.371 e. The molecule has 1 N–H and O–H groups in total. The molecule has 120 valence electrons. The van der Waals surface area contributed by atoms with Crippen LogP contribution in [0.2, 0.25) is 5.02 Å². The summed E-state index contributed by atoms with van der Waals surface area (Å²) in [5, 5.41) is 4.41. The summed E-state index contributed by atoms with van der Waals surface area (Å²) in [6.45, 7) is 16.2. The zero-order chi connectivity index (χ0) is 16.0. The summed E-state index contributed by atoms with van der Waals surface area (Å²) in [6.07, 6.45) is 1.20. The molecule has 1 aromatic carbocycles. The molecule has 0 aromatic heterocycles. The number of halogens is 1. The topological polar surface area (TPSA) is 15.3 Å². The Morgan fingerprint density at radius 2 is 1.90 bits per heavy atom. The molecule has 1 unspecified atom stereocenters. The van der Waals surface area contributed by atoms with Crippen LogP contribution in [0.1, 0.15) is 53.5 Å². The second-order valence-electron chi connectivity index (χ2n) is 6.89. The Morgan fingerprint density at radius 1 is 1.24 bits per heavy atom. The molecule has 21 heavy (non-hydrogen) atoms. The number of anilines is 1. The van der Waals surface area contributed by atoms with Gasteiger partial charge < -0.3 is 10.2 Å². The van der Waals surface area contributed by atoms with Gasteiger partial charge in [-0.15, -0.1) is 0 Å². The standard InChI is InChI=1S/C18H31ClN2/c1-7-14(3)13-21(8-2)17-11-9-10-16(19)15(17)12-20-18(4,5)6/h9-11,14,20H,7-8,12-13H2,1-6H3. The highest BCUT2D eigenvalue weighted by atomic mass is 35.5. The molecule has 1 atom stereocenters. The van der Waals surface area contributed by atoms with E-state index in [0.717, 1.165) is 24.7 Å². The Hall–Kier alpha value is -0.730. The monoisotopic (exact) mass is 310 g/mol. The van der Waals surface area contributed by atoms with Crippen LogP contribution in [-0.4, -0.2) is 18.6 Å². The van der Waals surface area contributed by atoms with Crippen molar-refractivity contribution in [3.05, 3.63) is 28.8 Å². The number of nitrogens with zero attached hydrogens (tertiary/aromatic N) is 1. The summed E-state index contributed by atoms with van der Waals surface area (Å²) in [4.78, 5) is 2.44. The van der Waals surface area contributed by atoms with Gasteiger partial charge in [-0.2, -0.15) is 0 Å². The molecule has 0 aliphatic carbocycles. The molecule has 0 amide bonds. The molecular weight excluding hydrogens is 280 g/mol. The Kier molecular flexibility index (Phi) is 7.02. The first-order chi connectivity index (χ1) is 9.78. The van der Waals surface area contributed by atoms with Crippen LogP contribution in [0.5, 0.6) is 0 Å². The van der Waals surface area contributed by atoms with Crippen molar-refractivity contribution in [3.63, 3.8) is 0 Å². The summed E-state index contributed by atoms with van der Waals surface area (Å²) in [5.74, 6) is 0.687. The number of rotatable bonds is 7. The maximum Gasteiger partial charge on any atom is 0.0471 e. The van der Waals surface area contributed by atoms with Crippen molar-refractivity contribution >= 4 is 17.3 Å². The number of nitrogens with one attached hydrogen (secondary N) is 1. The summed E-state index contributed by atoms with van der Waals surface area (Å²) >= 11 is 6.46. The average Bonchev–Trinajstić information content (AvgIpc) is 2.42. The first-order valence-corrected chi connectivity index (χ1v) is 8.43. The highest BCUT2D eigenvalue weighted by molar-refractivity contribution is 6.31. The molecule has 0 heterocycles. The van der Waals surface area contributed by atoms with Crippen molar-refractivity contribution in [1.82, 2.24) is 5.32 Å². The number of hydrogen-bond donors (Lipinski definition) is 1. The first kappa shape index (κ1) is 18.3. The van der Waals surface area contributed by atoms with Gasteiger partial charge in [0.1, 0.15) is 0 Å². The lowest BCUT2D eigenvalue weighted by Crippen LogP contribution is -2.36. The van der Waals surface area contributed by atoms with E-state index in [0.29, 0.717) is 5.92 Å². The molecule has 2 nitrogen and oxygen atoms in total. The van der Waals surface area contributed by atoms with E-state index in [1.54, 1.807) is 0 Å². The molecule has 0 saturated heterocycles. The molecular formula is C18H31ClN2. The van der Waals surface area contributed by atoms with Crippen molar-refractivity contribution in [2.45, 2.75) is 60.0 Å². The quantitative estimate of drug-likeness (QED) is 0.753. The minimum absolute atomic E-state index is 0.0875. The van der Waals surface area contributed by atoms with E-state index in [4.69, 9.17) is 11.6 Å². The summed E-state index contributed by atoms with van der Waals surface area (Å²) < 4.78 is 0. The summed E-state index contributed by atoms with van der Waals surface area (Å²) in [5.41, 5.74) is 2.56. The second-order valence-corrected chi connectivity index (χ2v) is 7.30. The molecule has 1 aromatic rings. The Labute approximate surface area is 135 Å². The molecule has 0 bridgehead atoms. The summed E-state index contributed by atoms with van der Waals surface area (Å²) in [7, 11) is 0. The molecule has 0 radical (unpaired) electrons. The molecule has 0 fully saturated rings. The lowest BCUT2D eigenvalue weighted by Gasteiger charge is -2.30. The van der Waals surface area contributed by atoms with E-state index in [2.05, 4.69) is 63.9 Å². The van der Waals surface area contributed by atoms with Crippen LogP contribution in [0.4, 0.5) is 5.69 Å². The van der Waals surface area contributed by atoms with E-state index in [9.17, 15) is 0 Å². The third kappa shape index (κ3) is 5.88. The van der Waals surface area contributed by atoms with E-state index in [1.807, 2.05) is 6.07 Å². The van der Waals surface area contributed by atoms with E-state index in [1.165, 1.54) is 17.7 Å². The second kappa shape index (κ2) is 8.05. The fourth-order valence-electron chi connectivity index (χ4n) is 2.28. The van der Waals surface area contributed by atoms with Gasteiger partial charge in [0.15, 0.2) is 0 Å². The van der Waals surface area contributed by atoms with Crippen molar-refractivity contribution < 1.29 is 0 Å². The van der Waals surface area contributed by atoms with Crippen LogP contribution < -0.4 is 10.2 Å². The summed E-state index contributed by atoms with van der Waals surface area (Å²) in [6, 6.07) is 6.23. The maximum absolute atomic E-state index is 6.46. The number of benzene rings is 1. The van der Waals surface area contributed by atoms with Gasteiger partial charge in [0.2, 0.25) is 0 Å². The van der Waals surface area contributed by atoms with Gasteiger partial charge in [0.25, 0.3) is 0 Å². The predicted octanol–water partition coefficient (Wildman–Crippen LogP) is 5.10. The minimum atomic E-state index is 0.0875. The molecule has 3 heteroatoms. The molecule has 0 aliphatic heterocycles. The number of hydrogen-bond acceptors (Lipinski definition) is 2. The van der Waals surface area contributed by atoms with Crippen LogP contribution in [-0.2, 0) is 6.54 Å². The van der Waals surface area contributed by atoms with Gasteiger partial charge in [-0.05, 0) is 45.7 Å². The normalized spacial score (nSPS) is 13.3. The smallest absolute Gasteiger partial charge is 0.0471 e. The third-order valence-electron chi connectivity index (χ3n) is 3.84. The third-order valence-corrected chi connectivity index (χ3v) is 4.20. The van der Waals surface area contributed by atoms with E-state index >= 15 is 0 Å². The first-order valence-electron chi connectivity index (χ1n) is 8.05. The lowest BCUT2D eigenvalue weighted by molar-refractivity contribution is 0.424. The zero-order valence-electron chi connectivity index (χ0n) is 14.5. The van der Waals surface area contributed by atoms with Crippen LogP contribution >= 0.6 is 11.6 Å². The van der Waals surface area contributed by atoms with Crippen molar-refractivity contribution in [3.8, 4) is 0 Å². The van der Waals surface area contributed by atoms with Crippen LogP contribution in [0, 0.1) is 5.92 Å². The van der Waals surface area contributed by atoms with Crippen molar-refractivity contribution in [2.24, 2.45) is 5.92 Å². The van der Waals surface area contributed by atoms with Gasteiger partial charge in [0, 0.05) is 41.4 Å². The molecule has 0 saturated carbocycles. The fraction of sp³-hybridized carbons (Fsp3) is 0.667. The van der Waals surface area contributed by atoms with Crippen LogP contribution in [0.25, 0.3) is 0 Å². The Morgan fingerprint density at radius 3 is 2.43 bits per heavy atom. The zero-order valence-corrected chi connectivity index (χ0v) is 15.2. The van der Waals surface area contributed by atoms with Crippen LogP contribution in [0.15, 0.2) is 18.2 Å². The SMILES string of the molecule is CCC(C)CN(CC)c1cccc(Cl)c1CNC(C)(C)C. The van der Waals surface area contributed by atoms with Gasteiger partial charge in [-0.3, -0.25) is 0 Å². The van der Waals surface area contributed by atoms with E-state index in [-0.39, 0.29) is 5.54 Å². The van der Waals surface area contributed by atoms with Crippen molar-refractivity contribution in [2.75, 3.05) is 18.0 Å². The van der Waals surface area contributed by atoms with Gasteiger partial charge in [-0.25, -0.2) is 0 Å². The molecule has 0 aliphatic rings. The fourth-order valence-corrected chi connectivity index (χ4v) is 2.51. The minimum Gasteiger partial charge on any atom is -0.371 e. The molecule has 1 rings (SSSR count). The highest BCUT2D eigenvalue weighted by Gasteiger charge is 2.16. The van der Waals surface area contributed by atoms with Crippen LogP contribution in [0.3, 0.4) is 0 Å². The highest BCUT2D eigenvalue weighted by Crippen LogP contribution is 2.29. The lowest BCUT2D eigenvalue weighted by atomic mass is 10.0. The van der Waals surface area contributed by atoms with E-state index < -0.39 is 0 Å². The maximum atomic E-state index is 6.46. The van der Waals surface area contributed by atoms with Crippen molar-refractivity contribution in [1.29, 1.82) is 0 Å². The van der Waals surface area contributed by atoms with Gasteiger partial charge in [0.05, 0.1) is 0 Å². The van der Waals surface area contributed by atoms with Gasteiger partial charge >= 0.3 is 0 Å². The van der Waals surface area contributed by atoms with Gasteiger partial charge in [-0.1, -0.05) is 37.9 Å².